The van der Waals surface area contributed by atoms with Gasteiger partial charge in [-0.1, -0.05) is 24.3 Å². The highest BCUT2D eigenvalue weighted by molar-refractivity contribution is 7.92. The monoisotopic (exact) mass is 314 g/mol. The van der Waals surface area contributed by atoms with E-state index in [4.69, 9.17) is 0 Å². The van der Waals surface area contributed by atoms with Gasteiger partial charge in [-0.05, 0) is 43.0 Å². The molecule has 22 heavy (non-hydrogen) atoms. The number of aromatic nitrogens is 1. The number of rotatable bonds is 3. The van der Waals surface area contributed by atoms with Gasteiger partial charge in [0.15, 0.2) is 9.84 Å². The molecular weight excluding hydrogens is 296 g/mol. The fourth-order valence-corrected chi connectivity index (χ4v) is 5.96. The van der Waals surface area contributed by atoms with E-state index in [9.17, 15) is 8.42 Å². The molecule has 2 fully saturated rings. The zero-order chi connectivity index (χ0) is 15.2. The second-order valence-corrected chi connectivity index (χ2v) is 8.38. The van der Waals surface area contributed by atoms with Crippen molar-refractivity contribution in [3.05, 3.63) is 60.4 Å². The maximum Gasteiger partial charge on any atom is 0.182 e. The van der Waals surface area contributed by atoms with Gasteiger partial charge >= 0.3 is 0 Å². The summed E-state index contributed by atoms with van der Waals surface area (Å²) in [4.78, 5) is 4.62. The van der Waals surface area contributed by atoms with Crippen LogP contribution in [0.1, 0.15) is 24.8 Å². The van der Waals surface area contributed by atoms with E-state index in [2.05, 4.69) is 10.3 Å². The minimum atomic E-state index is -3.30. The van der Waals surface area contributed by atoms with Crippen LogP contribution in [0, 0.1) is 0 Å². The molecule has 3 atom stereocenters. The molecule has 1 aromatic carbocycles. The number of fused-ring (bicyclic) bond motifs is 2. The average Bonchev–Trinajstić information content (AvgIpc) is 3.17. The van der Waals surface area contributed by atoms with Crippen molar-refractivity contribution < 1.29 is 8.42 Å². The van der Waals surface area contributed by atoms with Gasteiger partial charge in [-0.25, -0.2) is 8.42 Å². The number of nitrogens with one attached hydrogen (secondary N) is 1. The minimum Gasteiger partial charge on any atom is -0.303 e. The Hall–Kier alpha value is -1.72. The van der Waals surface area contributed by atoms with Crippen LogP contribution in [0.5, 0.6) is 0 Å². The van der Waals surface area contributed by atoms with Crippen molar-refractivity contribution in [2.24, 2.45) is 0 Å². The fraction of sp³-hybridized carbons (Fsp3) is 0.353. The number of hydrogen-bond acceptors (Lipinski definition) is 4. The summed E-state index contributed by atoms with van der Waals surface area (Å²) in [5.41, 5.74) is 0.870. The van der Waals surface area contributed by atoms with E-state index in [-0.39, 0.29) is 16.8 Å². The molecule has 4 rings (SSSR count). The lowest BCUT2D eigenvalue weighted by atomic mass is 9.83. The van der Waals surface area contributed by atoms with E-state index in [1.807, 2.05) is 24.4 Å². The number of benzene rings is 1. The van der Waals surface area contributed by atoms with Crippen molar-refractivity contribution in [3.8, 4) is 0 Å². The smallest absolute Gasteiger partial charge is 0.182 e. The molecule has 0 saturated carbocycles. The van der Waals surface area contributed by atoms with Gasteiger partial charge in [0.2, 0.25) is 0 Å². The summed E-state index contributed by atoms with van der Waals surface area (Å²) in [6.07, 6.45) is 6.10. The first-order valence-electron chi connectivity index (χ1n) is 7.59. The fourth-order valence-electron chi connectivity index (χ4n) is 3.93. The zero-order valence-corrected chi connectivity index (χ0v) is 13.0. The molecule has 0 spiro atoms. The second kappa shape index (κ2) is 4.89. The van der Waals surface area contributed by atoms with Gasteiger partial charge in [0.05, 0.1) is 10.1 Å². The van der Waals surface area contributed by atoms with Crippen LogP contribution < -0.4 is 5.32 Å². The maximum absolute atomic E-state index is 12.9. The van der Waals surface area contributed by atoms with Gasteiger partial charge in [0.1, 0.15) is 0 Å². The normalized spacial score (nSPS) is 30.5. The Balaban J connectivity index is 1.70. The summed E-state index contributed by atoms with van der Waals surface area (Å²) in [5, 5.41) is 3.21. The predicted octanol–water partition coefficient (Wildman–Crippen LogP) is 2.28. The van der Waals surface area contributed by atoms with Gasteiger partial charge in [-0.2, -0.15) is 0 Å². The standard InChI is InChI=1S/C17H18N2O2S/c20-22(21,14-6-2-1-3-7-14)16-11-17(9-8-15(16)19-17)13-5-4-10-18-12-13/h1-7,10,12,15-16,19H,8-9,11H2. The molecule has 3 heterocycles. The largest absolute Gasteiger partial charge is 0.303 e. The van der Waals surface area contributed by atoms with Crippen LogP contribution in [0.4, 0.5) is 0 Å². The van der Waals surface area contributed by atoms with Gasteiger partial charge in [-0.3, -0.25) is 4.98 Å². The van der Waals surface area contributed by atoms with E-state index in [0.29, 0.717) is 11.3 Å². The molecule has 2 bridgehead atoms. The minimum absolute atomic E-state index is 0.0328. The Labute approximate surface area is 130 Å². The van der Waals surface area contributed by atoms with E-state index in [1.54, 1.807) is 30.5 Å². The quantitative estimate of drug-likeness (QED) is 0.944. The molecule has 3 unspecified atom stereocenters. The van der Waals surface area contributed by atoms with Gasteiger partial charge in [0.25, 0.3) is 0 Å². The number of pyridine rings is 1. The molecule has 1 aromatic heterocycles. The van der Waals surface area contributed by atoms with Crippen molar-refractivity contribution >= 4 is 9.84 Å². The van der Waals surface area contributed by atoms with Crippen molar-refractivity contribution in [2.45, 2.75) is 41.0 Å². The van der Waals surface area contributed by atoms with E-state index in [0.717, 1.165) is 18.4 Å². The Morgan fingerprint density at radius 2 is 1.95 bits per heavy atom. The van der Waals surface area contributed by atoms with Crippen molar-refractivity contribution in [2.75, 3.05) is 0 Å². The summed E-state index contributed by atoms with van der Waals surface area (Å²) < 4.78 is 25.9. The third-order valence-corrected chi connectivity index (χ3v) is 7.25. The van der Waals surface area contributed by atoms with Gasteiger partial charge in [0, 0.05) is 24.0 Å². The number of nitrogens with zero attached hydrogens (tertiary/aromatic N) is 1. The molecule has 2 aliphatic heterocycles. The number of hydrogen-bond donors (Lipinski definition) is 1. The van der Waals surface area contributed by atoms with Crippen LogP contribution >= 0.6 is 0 Å². The topological polar surface area (TPSA) is 59.1 Å². The third-order valence-electron chi connectivity index (χ3n) is 5.03. The first-order valence-corrected chi connectivity index (χ1v) is 9.14. The van der Waals surface area contributed by atoms with E-state index < -0.39 is 9.84 Å². The molecule has 4 nitrogen and oxygen atoms in total. The predicted molar refractivity (Wildman–Crippen MR) is 84.1 cm³/mol. The summed E-state index contributed by atoms with van der Waals surface area (Å²) >= 11 is 0. The molecule has 114 valence electrons. The Morgan fingerprint density at radius 3 is 2.68 bits per heavy atom. The summed E-state index contributed by atoms with van der Waals surface area (Å²) in [6, 6.07) is 12.8. The summed E-state index contributed by atoms with van der Waals surface area (Å²) in [6.45, 7) is 0. The molecule has 0 aliphatic carbocycles. The van der Waals surface area contributed by atoms with E-state index in [1.165, 1.54) is 0 Å². The van der Waals surface area contributed by atoms with Crippen molar-refractivity contribution in [1.82, 2.24) is 10.3 Å². The summed E-state index contributed by atoms with van der Waals surface area (Å²) in [7, 11) is -3.30. The van der Waals surface area contributed by atoms with Crippen LogP contribution in [0.3, 0.4) is 0 Å². The first-order chi connectivity index (χ1) is 10.6. The lowest BCUT2D eigenvalue weighted by molar-refractivity contribution is 0.398. The van der Waals surface area contributed by atoms with Crippen LogP contribution in [0.2, 0.25) is 0 Å². The Bertz CT molecular complexity index is 777. The third kappa shape index (κ3) is 2.00. The molecule has 0 radical (unpaired) electrons. The average molecular weight is 314 g/mol. The molecule has 0 amide bonds. The Kier molecular flexibility index (Phi) is 3.09. The zero-order valence-electron chi connectivity index (χ0n) is 12.1. The van der Waals surface area contributed by atoms with Gasteiger partial charge in [-0.15, -0.1) is 0 Å². The van der Waals surface area contributed by atoms with Crippen LogP contribution in [-0.4, -0.2) is 24.7 Å². The first kappa shape index (κ1) is 13.9. The lowest BCUT2D eigenvalue weighted by Gasteiger charge is -2.28. The van der Waals surface area contributed by atoms with Crippen LogP contribution in [-0.2, 0) is 15.4 Å². The highest BCUT2D eigenvalue weighted by Gasteiger charge is 2.55. The molecule has 2 aromatic rings. The van der Waals surface area contributed by atoms with Gasteiger partial charge < -0.3 is 5.32 Å². The van der Waals surface area contributed by atoms with E-state index >= 15 is 0 Å². The second-order valence-electron chi connectivity index (χ2n) is 6.21. The number of sulfone groups is 1. The highest BCUT2D eigenvalue weighted by atomic mass is 32.2. The highest BCUT2D eigenvalue weighted by Crippen LogP contribution is 2.48. The molecule has 2 saturated heterocycles. The maximum atomic E-state index is 12.9. The molecule has 5 heteroatoms. The SMILES string of the molecule is O=S(=O)(c1ccccc1)C1CC2(c3cccnc3)CCC1N2. The van der Waals surface area contributed by atoms with Crippen molar-refractivity contribution in [1.29, 1.82) is 0 Å². The lowest BCUT2D eigenvalue weighted by Crippen LogP contribution is -2.34. The Morgan fingerprint density at radius 1 is 1.14 bits per heavy atom. The van der Waals surface area contributed by atoms with Crippen LogP contribution in [0.15, 0.2) is 59.8 Å². The molecular formula is C17H18N2O2S. The van der Waals surface area contributed by atoms with Crippen molar-refractivity contribution in [3.63, 3.8) is 0 Å². The molecule has 2 aliphatic rings. The molecule has 1 N–H and O–H groups in total. The summed E-state index contributed by atoms with van der Waals surface area (Å²) in [5.74, 6) is 0. The van der Waals surface area contributed by atoms with Crippen LogP contribution in [0.25, 0.3) is 0 Å².